The van der Waals surface area contributed by atoms with Crippen LogP contribution in [0.1, 0.15) is 18.2 Å². The fourth-order valence-corrected chi connectivity index (χ4v) is 1.80. The molecule has 1 aliphatic heterocycles. The van der Waals surface area contributed by atoms with E-state index in [1.165, 1.54) is 5.69 Å². The first-order chi connectivity index (χ1) is 6.27. The SMILES string of the molecule is NC(=O)CC1CNCc2cccn21. The van der Waals surface area contributed by atoms with E-state index in [-0.39, 0.29) is 11.9 Å². The van der Waals surface area contributed by atoms with Gasteiger partial charge >= 0.3 is 0 Å². The number of hydrogen-bond donors (Lipinski definition) is 2. The number of fused-ring (bicyclic) bond motifs is 1. The molecule has 0 aliphatic carbocycles. The standard InChI is InChI=1S/C9H13N3O/c10-9(13)4-8-6-11-5-7-2-1-3-12(7)8/h1-3,8,11H,4-6H2,(H2,10,13). The molecular weight excluding hydrogens is 166 g/mol. The van der Waals surface area contributed by atoms with Crippen LogP contribution >= 0.6 is 0 Å². The molecule has 0 saturated carbocycles. The highest BCUT2D eigenvalue weighted by molar-refractivity contribution is 5.74. The van der Waals surface area contributed by atoms with Crippen molar-refractivity contribution >= 4 is 5.91 Å². The average Bonchev–Trinajstić information content (AvgIpc) is 2.51. The Kier molecular flexibility index (Phi) is 2.06. The molecule has 70 valence electrons. The van der Waals surface area contributed by atoms with Crippen molar-refractivity contribution in [3.05, 3.63) is 24.0 Å². The average molecular weight is 179 g/mol. The molecule has 3 N–H and O–H groups in total. The molecule has 1 amide bonds. The monoisotopic (exact) mass is 179 g/mol. The van der Waals surface area contributed by atoms with Gasteiger partial charge in [-0.05, 0) is 12.1 Å². The van der Waals surface area contributed by atoms with Crippen LogP contribution < -0.4 is 11.1 Å². The highest BCUT2D eigenvalue weighted by Crippen LogP contribution is 2.18. The molecule has 1 aromatic rings. The molecule has 0 spiro atoms. The van der Waals surface area contributed by atoms with Crippen LogP contribution in [0.3, 0.4) is 0 Å². The minimum atomic E-state index is -0.242. The van der Waals surface area contributed by atoms with Crippen molar-refractivity contribution in [2.45, 2.75) is 19.0 Å². The van der Waals surface area contributed by atoms with Gasteiger partial charge in [0.2, 0.25) is 5.91 Å². The molecule has 1 unspecified atom stereocenters. The number of amides is 1. The van der Waals surface area contributed by atoms with Gasteiger partial charge in [-0.2, -0.15) is 0 Å². The van der Waals surface area contributed by atoms with Gasteiger partial charge in [0.05, 0.1) is 6.04 Å². The summed E-state index contributed by atoms with van der Waals surface area (Å²) in [5.41, 5.74) is 6.39. The van der Waals surface area contributed by atoms with Crippen molar-refractivity contribution in [3.8, 4) is 0 Å². The molecule has 1 aromatic heterocycles. The summed E-state index contributed by atoms with van der Waals surface area (Å²) in [6, 6.07) is 4.24. The van der Waals surface area contributed by atoms with E-state index in [0.29, 0.717) is 6.42 Å². The quantitative estimate of drug-likeness (QED) is 0.671. The lowest BCUT2D eigenvalue weighted by Crippen LogP contribution is -2.34. The van der Waals surface area contributed by atoms with Gasteiger partial charge in [-0.3, -0.25) is 4.79 Å². The predicted octanol–water partition coefficient (Wildman–Crippen LogP) is 0.00780. The third kappa shape index (κ3) is 1.58. The molecule has 1 aliphatic rings. The zero-order valence-corrected chi connectivity index (χ0v) is 7.36. The van der Waals surface area contributed by atoms with E-state index in [1.807, 2.05) is 12.3 Å². The molecule has 0 saturated heterocycles. The maximum absolute atomic E-state index is 10.8. The van der Waals surface area contributed by atoms with E-state index in [0.717, 1.165) is 13.1 Å². The molecule has 0 bridgehead atoms. The maximum atomic E-state index is 10.8. The first-order valence-corrected chi connectivity index (χ1v) is 4.42. The number of nitrogens with two attached hydrogens (primary N) is 1. The fourth-order valence-electron chi connectivity index (χ4n) is 1.80. The van der Waals surface area contributed by atoms with E-state index in [9.17, 15) is 4.79 Å². The number of primary amides is 1. The van der Waals surface area contributed by atoms with Crippen LogP contribution in [0.15, 0.2) is 18.3 Å². The third-order valence-corrected chi connectivity index (χ3v) is 2.38. The molecule has 13 heavy (non-hydrogen) atoms. The third-order valence-electron chi connectivity index (χ3n) is 2.38. The van der Waals surface area contributed by atoms with Crippen molar-refractivity contribution in [2.75, 3.05) is 6.54 Å². The minimum absolute atomic E-state index is 0.191. The Balaban J connectivity index is 2.20. The smallest absolute Gasteiger partial charge is 0.219 e. The Morgan fingerprint density at radius 1 is 1.77 bits per heavy atom. The van der Waals surface area contributed by atoms with Crippen molar-refractivity contribution in [2.24, 2.45) is 5.73 Å². The summed E-state index contributed by atoms with van der Waals surface area (Å²) in [7, 11) is 0. The number of nitrogens with one attached hydrogen (secondary N) is 1. The molecule has 4 nitrogen and oxygen atoms in total. The second-order valence-corrected chi connectivity index (χ2v) is 3.36. The fraction of sp³-hybridized carbons (Fsp3) is 0.444. The molecule has 0 fully saturated rings. The normalized spacial score (nSPS) is 21.1. The first-order valence-electron chi connectivity index (χ1n) is 4.42. The summed E-state index contributed by atoms with van der Waals surface area (Å²) in [4.78, 5) is 10.8. The Bertz CT molecular complexity index is 318. The van der Waals surface area contributed by atoms with Gasteiger partial charge in [-0.15, -0.1) is 0 Å². The van der Waals surface area contributed by atoms with Crippen molar-refractivity contribution < 1.29 is 4.79 Å². The van der Waals surface area contributed by atoms with E-state index < -0.39 is 0 Å². The van der Waals surface area contributed by atoms with E-state index >= 15 is 0 Å². The summed E-state index contributed by atoms with van der Waals surface area (Å²) >= 11 is 0. The lowest BCUT2D eigenvalue weighted by molar-refractivity contribution is -0.118. The molecule has 1 atom stereocenters. The highest BCUT2D eigenvalue weighted by atomic mass is 16.1. The van der Waals surface area contributed by atoms with Gasteiger partial charge < -0.3 is 15.6 Å². The second kappa shape index (κ2) is 3.22. The van der Waals surface area contributed by atoms with E-state index in [2.05, 4.69) is 16.0 Å². The summed E-state index contributed by atoms with van der Waals surface area (Å²) in [5.74, 6) is -0.242. The highest BCUT2D eigenvalue weighted by Gasteiger charge is 2.19. The number of rotatable bonds is 2. The first kappa shape index (κ1) is 8.31. The Labute approximate surface area is 76.7 Å². The van der Waals surface area contributed by atoms with Crippen LogP contribution in [-0.4, -0.2) is 17.0 Å². The van der Waals surface area contributed by atoms with Crippen LogP contribution in [0, 0.1) is 0 Å². The number of nitrogens with zero attached hydrogens (tertiary/aromatic N) is 1. The summed E-state index contributed by atoms with van der Waals surface area (Å²) in [5, 5.41) is 3.25. The van der Waals surface area contributed by atoms with Crippen LogP contribution in [-0.2, 0) is 11.3 Å². The van der Waals surface area contributed by atoms with E-state index in [4.69, 9.17) is 5.73 Å². The molecule has 2 rings (SSSR count). The van der Waals surface area contributed by atoms with Crippen molar-refractivity contribution in [1.29, 1.82) is 0 Å². The number of carbonyl (C=O) groups excluding carboxylic acids is 1. The Morgan fingerprint density at radius 2 is 2.62 bits per heavy atom. The van der Waals surface area contributed by atoms with Gasteiger partial charge in [0.15, 0.2) is 0 Å². The molecule has 0 radical (unpaired) electrons. The Hall–Kier alpha value is -1.29. The zero-order chi connectivity index (χ0) is 9.26. The molecule has 4 heteroatoms. The second-order valence-electron chi connectivity index (χ2n) is 3.36. The van der Waals surface area contributed by atoms with Crippen LogP contribution in [0.2, 0.25) is 0 Å². The summed E-state index contributed by atoms with van der Waals surface area (Å²) < 4.78 is 2.13. The minimum Gasteiger partial charge on any atom is -0.370 e. The van der Waals surface area contributed by atoms with E-state index in [1.54, 1.807) is 0 Å². The lowest BCUT2D eigenvalue weighted by atomic mass is 10.1. The lowest BCUT2D eigenvalue weighted by Gasteiger charge is -2.26. The van der Waals surface area contributed by atoms with Gasteiger partial charge in [0.1, 0.15) is 0 Å². The molecule has 0 aromatic carbocycles. The van der Waals surface area contributed by atoms with Crippen molar-refractivity contribution in [3.63, 3.8) is 0 Å². The maximum Gasteiger partial charge on any atom is 0.219 e. The molecular formula is C9H13N3O. The van der Waals surface area contributed by atoms with Crippen LogP contribution in [0.5, 0.6) is 0 Å². The van der Waals surface area contributed by atoms with Crippen LogP contribution in [0.4, 0.5) is 0 Å². The van der Waals surface area contributed by atoms with Crippen molar-refractivity contribution in [1.82, 2.24) is 9.88 Å². The van der Waals surface area contributed by atoms with Gasteiger partial charge in [0.25, 0.3) is 0 Å². The summed E-state index contributed by atoms with van der Waals surface area (Å²) in [6.45, 7) is 1.70. The van der Waals surface area contributed by atoms with Gasteiger partial charge in [-0.1, -0.05) is 0 Å². The Morgan fingerprint density at radius 3 is 3.38 bits per heavy atom. The summed E-state index contributed by atoms with van der Waals surface area (Å²) in [6.07, 6.45) is 2.42. The number of hydrogen-bond acceptors (Lipinski definition) is 2. The topological polar surface area (TPSA) is 60.1 Å². The van der Waals surface area contributed by atoms with Gasteiger partial charge in [0, 0.05) is 31.4 Å². The number of aromatic nitrogens is 1. The van der Waals surface area contributed by atoms with Crippen LogP contribution in [0.25, 0.3) is 0 Å². The zero-order valence-electron chi connectivity index (χ0n) is 7.36. The predicted molar refractivity (Wildman–Crippen MR) is 49.0 cm³/mol. The number of carbonyl (C=O) groups is 1. The largest absolute Gasteiger partial charge is 0.370 e. The molecule has 2 heterocycles. The van der Waals surface area contributed by atoms with Gasteiger partial charge in [-0.25, -0.2) is 0 Å².